The largest absolute Gasteiger partial charge is 0.481 e. The van der Waals surface area contributed by atoms with Gasteiger partial charge in [-0.25, -0.2) is 0 Å². The van der Waals surface area contributed by atoms with Crippen LogP contribution in [0, 0.1) is 0 Å². The number of hydrogen-bond donors (Lipinski definition) is 1. The standard InChI is InChI=1S/C13H15NO3/c1-9(7-13(15)16)14(2)11-8-17-12-6-4-3-5-10(11)12/h3-6,8-9H,7H2,1-2H3,(H,15,16). The molecule has 0 aliphatic heterocycles. The molecule has 0 radical (unpaired) electrons. The maximum Gasteiger partial charge on any atom is 0.305 e. The number of carboxylic acids is 1. The minimum absolute atomic E-state index is 0.0755. The molecule has 0 aliphatic carbocycles. The molecule has 0 saturated heterocycles. The average molecular weight is 233 g/mol. The van der Waals surface area contributed by atoms with E-state index in [-0.39, 0.29) is 12.5 Å². The van der Waals surface area contributed by atoms with Crippen molar-refractivity contribution in [2.24, 2.45) is 0 Å². The van der Waals surface area contributed by atoms with Crippen molar-refractivity contribution in [2.45, 2.75) is 19.4 Å². The number of fused-ring (bicyclic) bond motifs is 1. The van der Waals surface area contributed by atoms with E-state index in [0.717, 1.165) is 16.7 Å². The van der Waals surface area contributed by atoms with Crippen LogP contribution in [0.4, 0.5) is 5.69 Å². The lowest BCUT2D eigenvalue weighted by atomic mass is 10.1. The minimum atomic E-state index is -0.794. The highest BCUT2D eigenvalue weighted by Crippen LogP contribution is 2.29. The third-order valence-corrected chi connectivity index (χ3v) is 2.97. The quantitative estimate of drug-likeness (QED) is 0.882. The molecule has 4 heteroatoms. The second-order valence-corrected chi connectivity index (χ2v) is 4.17. The van der Waals surface area contributed by atoms with Crippen molar-refractivity contribution in [3.8, 4) is 0 Å². The summed E-state index contributed by atoms with van der Waals surface area (Å²) < 4.78 is 5.44. The maximum atomic E-state index is 10.7. The number of anilines is 1. The summed E-state index contributed by atoms with van der Waals surface area (Å²) >= 11 is 0. The number of carbonyl (C=O) groups is 1. The summed E-state index contributed by atoms with van der Waals surface area (Å²) in [6.45, 7) is 1.88. The van der Waals surface area contributed by atoms with Gasteiger partial charge in [-0.3, -0.25) is 4.79 Å². The summed E-state index contributed by atoms with van der Waals surface area (Å²) in [7, 11) is 1.88. The van der Waals surface area contributed by atoms with Crippen LogP contribution in [0.3, 0.4) is 0 Å². The molecular formula is C13H15NO3. The molecule has 0 spiro atoms. The third-order valence-electron chi connectivity index (χ3n) is 2.97. The lowest BCUT2D eigenvalue weighted by Crippen LogP contribution is -2.30. The molecule has 1 aromatic heterocycles. The predicted molar refractivity (Wildman–Crippen MR) is 66.3 cm³/mol. The van der Waals surface area contributed by atoms with Crippen molar-refractivity contribution in [3.05, 3.63) is 30.5 Å². The number of carboxylic acid groups (broad SMARTS) is 1. The van der Waals surface area contributed by atoms with Gasteiger partial charge < -0.3 is 14.4 Å². The Bertz CT molecular complexity index is 532. The number of para-hydroxylation sites is 1. The molecule has 1 unspecified atom stereocenters. The summed E-state index contributed by atoms with van der Waals surface area (Å²) in [4.78, 5) is 12.6. The first kappa shape index (κ1) is 11.5. The van der Waals surface area contributed by atoms with Gasteiger partial charge in [-0.15, -0.1) is 0 Å². The molecule has 1 aromatic carbocycles. The van der Waals surface area contributed by atoms with Gasteiger partial charge >= 0.3 is 5.97 Å². The van der Waals surface area contributed by atoms with E-state index in [4.69, 9.17) is 9.52 Å². The molecule has 90 valence electrons. The van der Waals surface area contributed by atoms with Gasteiger partial charge in [0.15, 0.2) is 0 Å². The second-order valence-electron chi connectivity index (χ2n) is 4.17. The van der Waals surface area contributed by atoms with E-state index in [0.29, 0.717) is 0 Å². The van der Waals surface area contributed by atoms with Crippen LogP contribution >= 0.6 is 0 Å². The Morgan fingerprint density at radius 3 is 2.88 bits per heavy atom. The Hall–Kier alpha value is -1.97. The Balaban J connectivity index is 2.30. The number of furan rings is 1. The lowest BCUT2D eigenvalue weighted by molar-refractivity contribution is -0.137. The minimum Gasteiger partial charge on any atom is -0.481 e. The van der Waals surface area contributed by atoms with Gasteiger partial charge in [-0.05, 0) is 19.1 Å². The topological polar surface area (TPSA) is 53.7 Å². The lowest BCUT2D eigenvalue weighted by Gasteiger charge is -2.24. The average Bonchev–Trinajstić information content (AvgIpc) is 2.70. The second kappa shape index (κ2) is 4.49. The van der Waals surface area contributed by atoms with E-state index in [1.54, 1.807) is 6.26 Å². The van der Waals surface area contributed by atoms with Crippen molar-refractivity contribution >= 4 is 22.6 Å². The number of nitrogens with zero attached hydrogens (tertiary/aromatic N) is 1. The van der Waals surface area contributed by atoms with Crippen molar-refractivity contribution in [2.75, 3.05) is 11.9 Å². The summed E-state index contributed by atoms with van der Waals surface area (Å²) in [6, 6.07) is 7.65. The Labute approximate surface area is 99.4 Å². The van der Waals surface area contributed by atoms with Crippen LogP contribution in [0.5, 0.6) is 0 Å². The zero-order valence-electron chi connectivity index (χ0n) is 9.88. The number of hydrogen-bond acceptors (Lipinski definition) is 3. The van der Waals surface area contributed by atoms with Crippen molar-refractivity contribution in [1.82, 2.24) is 0 Å². The van der Waals surface area contributed by atoms with Crippen LogP contribution in [0.2, 0.25) is 0 Å². The van der Waals surface area contributed by atoms with Crippen molar-refractivity contribution in [3.63, 3.8) is 0 Å². The fraction of sp³-hybridized carbons (Fsp3) is 0.308. The Kier molecular flexibility index (Phi) is 3.04. The Morgan fingerprint density at radius 1 is 1.47 bits per heavy atom. The molecule has 0 bridgehead atoms. The van der Waals surface area contributed by atoms with E-state index < -0.39 is 5.97 Å². The molecule has 1 N–H and O–H groups in total. The van der Waals surface area contributed by atoms with Crippen LogP contribution in [-0.2, 0) is 4.79 Å². The SMILES string of the molecule is CC(CC(=O)O)N(C)c1coc2ccccc12. The molecular weight excluding hydrogens is 218 g/mol. The Morgan fingerprint density at radius 2 is 2.18 bits per heavy atom. The molecule has 1 heterocycles. The molecule has 0 amide bonds. The van der Waals surface area contributed by atoms with Crippen LogP contribution in [0.15, 0.2) is 34.9 Å². The third kappa shape index (κ3) is 2.25. The molecule has 0 saturated carbocycles. The molecule has 1 atom stereocenters. The van der Waals surface area contributed by atoms with Gasteiger partial charge in [0.1, 0.15) is 11.8 Å². The van der Waals surface area contributed by atoms with Gasteiger partial charge in [-0.1, -0.05) is 12.1 Å². The molecule has 2 rings (SSSR count). The molecule has 0 aliphatic rings. The van der Waals surface area contributed by atoms with Crippen LogP contribution < -0.4 is 4.90 Å². The van der Waals surface area contributed by atoms with Crippen molar-refractivity contribution in [1.29, 1.82) is 0 Å². The number of aliphatic carboxylic acids is 1. The smallest absolute Gasteiger partial charge is 0.305 e. The zero-order chi connectivity index (χ0) is 12.4. The zero-order valence-corrected chi connectivity index (χ0v) is 9.88. The summed E-state index contributed by atoms with van der Waals surface area (Å²) in [6.07, 6.45) is 1.78. The number of rotatable bonds is 4. The van der Waals surface area contributed by atoms with E-state index in [1.165, 1.54) is 0 Å². The van der Waals surface area contributed by atoms with Crippen molar-refractivity contribution < 1.29 is 14.3 Å². The highest BCUT2D eigenvalue weighted by Gasteiger charge is 2.17. The first-order valence-electron chi connectivity index (χ1n) is 5.50. The van der Waals surface area contributed by atoms with E-state index in [1.807, 2.05) is 43.1 Å². The van der Waals surface area contributed by atoms with Gasteiger partial charge in [0.05, 0.1) is 12.1 Å². The van der Waals surface area contributed by atoms with E-state index in [2.05, 4.69) is 0 Å². The first-order chi connectivity index (χ1) is 8.09. The first-order valence-corrected chi connectivity index (χ1v) is 5.50. The fourth-order valence-electron chi connectivity index (χ4n) is 1.86. The van der Waals surface area contributed by atoms with Crippen LogP contribution in [0.1, 0.15) is 13.3 Å². The number of benzene rings is 1. The predicted octanol–water partition coefficient (Wildman–Crippen LogP) is 2.73. The van der Waals surface area contributed by atoms with E-state index >= 15 is 0 Å². The fourth-order valence-corrected chi connectivity index (χ4v) is 1.86. The highest BCUT2D eigenvalue weighted by molar-refractivity contribution is 5.91. The van der Waals surface area contributed by atoms with Crippen LogP contribution in [0.25, 0.3) is 11.0 Å². The summed E-state index contributed by atoms with van der Waals surface area (Å²) in [5, 5.41) is 9.80. The monoisotopic (exact) mass is 233 g/mol. The van der Waals surface area contributed by atoms with Crippen LogP contribution in [-0.4, -0.2) is 24.2 Å². The highest BCUT2D eigenvalue weighted by atomic mass is 16.4. The normalized spacial score (nSPS) is 12.6. The maximum absolute atomic E-state index is 10.7. The van der Waals surface area contributed by atoms with Gasteiger partial charge in [0.2, 0.25) is 0 Å². The summed E-state index contributed by atoms with van der Waals surface area (Å²) in [5.41, 5.74) is 1.74. The molecule has 2 aromatic rings. The summed E-state index contributed by atoms with van der Waals surface area (Å²) in [5.74, 6) is -0.794. The van der Waals surface area contributed by atoms with Gasteiger partial charge in [0, 0.05) is 18.5 Å². The molecule has 17 heavy (non-hydrogen) atoms. The van der Waals surface area contributed by atoms with E-state index in [9.17, 15) is 4.79 Å². The molecule has 4 nitrogen and oxygen atoms in total. The van der Waals surface area contributed by atoms with Gasteiger partial charge in [0.25, 0.3) is 0 Å². The van der Waals surface area contributed by atoms with Gasteiger partial charge in [-0.2, -0.15) is 0 Å². The molecule has 0 fully saturated rings.